The van der Waals surface area contributed by atoms with E-state index in [0.29, 0.717) is 11.6 Å². The van der Waals surface area contributed by atoms with Gasteiger partial charge in [0.05, 0.1) is 0 Å². The second kappa shape index (κ2) is 6.36. The molecule has 0 bridgehead atoms. The standard InChI is InChI=1S/C15H31N3/c1-3-15(4-2,18-10-5-6-11-18)14(17-16)12-13-8-7-9-13/h13-14,17H,3-12,16H2,1-2H3. The molecule has 2 aliphatic rings. The van der Waals surface area contributed by atoms with Crippen molar-refractivity contribution in [3.05, 3.63) is 0 Å². The van der Waals surface area contributed by atoms with Crippen LogP contribution in [-0.4, -0.2) is 29.6 Å². The Bertz CT molecular complexity index is 240. The molecule has 1 unspecified atom stereocenters. The first-order chi connectivity index (χ1) is 8.76. The van der Waals surface area contributed by atoms with Crippen molar-refractivity contribution in [2.75, 3.05) is 13.1 Å². The van der Waals surface area contributed by atoms with Gasteiger partial charge >= 0.3 is 0 Å². The molecule has 0 aromatic carbocycles. The van der Waals surface area contributed by atoms with Crippen molar-refractivity contribution in [1.82, 2.24) is 10.3 Å². The van der Waals surface area contributed by atoms with E-state index in [1.54, 1.807) is 0 Å². The summed E-state index contributed by atoms with van der Waals surface area (Å²) in [6.07, 6.45) is 10.7. The molecule has 0 spiro atoms. The third-order valence-electron chi connectivity index (χ3n) is 5.60. The highest BCUT2D eigenvalue weighted by molar-refractivity contribution is 5.00. The first-order valence-electron chi connectivity index (χ1n) is 7.98. The number of hydrazine groups is 1. The lowest BCUT2D eigenvalue weighted by molar-refractivity contribution is 0.0452. The molecular weight excluding hydrogens is 222 g/mol. The molecule has 1 saturated carbocycles. The van der Waals surface area contributed by atoms with Crippen molar-refractivity contribution in [3.63, 3.8) is 0 Å². The number of nitrogens with one attached hydrogen (secondary N) is 1. The van der Waals surface area contributed by atoms with E-state index < -0.39 is 0 Å². The molecule has 1 aliphatic carbocycles. The summed E-state index contributed by atoms with van der Waals surface area (Å²) in [6.45, 7) is 7.22. The number of rotatable bonds is 7. The molecule has 0 aromatic heterocycles. The second-order valence-electron chi connectivity index (χ2n) is 6.26. The highest BCUT2D eigenvalue weighted by Gasteiger charge is 2.42. The van der Waals surface area contributed by atoms with Crippen molar-refractivity contribution in [3.8, 4) is 0 Å². The van der Waals surface area contributed by atoms with Crippen molar-refractivity contribution in [2.24, 2.45) is 11.8 Å². The third-order valence-corrected chi connectivity index (χ3v) is 5.60. The topological polar surface area (TPSA) is 41.3 Å². The fourth-order valence-electron chi connectivity index (χ4n) is 4.08. The van der Waals surface area contributed by atoms with Gasteiger partial charge in [-0.2, -0.15) is 0 Å². The zero-order chi connectivity index (χ0) is 13.0. The molecule has 1 heterocycles. The predicted molar refractivity (Wildman–Crippen MR) is 77.2 cm³/mol. The highest BCUT2D eigenvalue weighted by Crippen LogP contribution is 2.38. The summed E-state index contributed by atoms with van der Waals surface area (Å²) in [4.78, 5) is 2.72. The van der Waals surface area contributed by atoms with Crippen LogP contribution >= 0.6 is 0 Å². The van der Waals surface area contributed by atoms with E-state index in [-0.39, 0.29) is 0 Å². The Morgan fingerprint density at radius 3 is 2.17 bits per heavy atom. The zero-order valence-electron chi connectivity index (χ0n) is 12.3. The summed E-state index contributed by atoms with van der Waals surface area (Å²) >= 11 is 0. The van der Waals surface area contributed by atoms with Gasteiger partial charge < -0.3 is 0 Å². The lowest BCUT2D eigenvalue weighted by Crippen LogP contribution is -2.62. The summed E-state index contributed by atoms with van der Waals surface area (Å²) in [5, 5.41) is 0. The van der Waals surface area contributed by atoms with E-state index >= 15 is 0 Å². The van der Waals surface area contributed by atoms with Gasteiger partial charge in [-0.3, -0.25) is 16.2 Å². The number of nitrogens with two attached hydrogens (primary N) is 1. The average Bonchev–Trinajstić information content (AvgIpc) is 2.87. The predicted octanol–water partition coefficient (Wildman–Crippen LogP) is 2.66. The van der Waals surface area contributed by atoms with Gasteiger partial charge in [0, 0.05) is 11.6 Å². The minimum atomic E-state index is 0.292. The van der Waals surface area contributed by atoms with Gasteiger partial charge in [-0.1, -0.05) is 33.1 Å². The fraction of sp³-hybridized carbons (Fsp3) is 1.00. The molecule has 0 radical (unpaired) electrons. The Kier molecular flexibility index (Phi) is 5.05. The molecule has 3 heteroatoms. The first kappa shape index (κ1) is 14.3. The first-order valence-corrected chi connectivity index (χ1v) is 7.98. The molecule has 0 amide bonds. The molecule has 1 saturated heterocycles. The summed E-state index contributed by atoms with van der Waals surface area (Å²) < 4.78 is 0. The highest BCUT2D eigenvalue weighted by atomic mass is 15.3. The van der Waals surface area contributed by atoms with Crippen LogP contribution < -0.4 is 11.3 Å². The molecule has 0 aromatic rings. The zero-order valence-corrected chi connectivity index (χ0v) is 12.3. The van der Waals surface area contributed by atoms with Crippen LogP contribution in [0.4, 0.5) is 0 Å². The molecule has 3 N–H and O–H groups in total. The Hall–Kier alpha value is -0.120. The van der Waals surface area contributed by atoms with E-state index in [1.807, 2.05) is 0 Å². The minimum absolute atomic E-state index is 0.292. The normalized spacial score (nSPS) is 24.2. The van der Waals surface area contributed by atoms with Crippen LogP contribution in [-0.2, 0) is 0 Å². The molecule has 2 fully saturated rings. The van der Waals surface area contributed by atoms with Gasteiger partial charge in [0.15, 0.2) is 0 Å². The molecule has 1 atom stereocenters. The van der Waals surface area contributed by atoms with E-state index in [9.17, 15) is 0 Å². The molecule has 2 rings (SSSR count). The number of nitrogens with zero attached hydrogens (tertiary/aromatic N) is 1. The number of hydrogen-bond donors (Lipinski definition) is 2. The van der Waals surface area contributed by atoms with Crippen LogP contribution in [0.15, 0.2) is 0 Å². The maximum absolute atomic E-state index is 5.93. The van der Waals surface area contributed by atoms with Crippen LogP contribution in [0.3, 0.4) is 0 Å². The minimum Gasteiger partial charge on any atom is -0.296 e. The third kappa shape index (κ3) is 2.59. The SMILES string of the molecule is CCC(CC)(C(CC1CCC1)NN)N1CCCC1. The van der Waals surface area contributed by atoms with Gasteiger partial charge in [0.1, 0.15) is 0 Å². The summed E-state index contributed by atoms with van der Waals surface area (Å²) in [6, 6.07) is 0.468. The smallest absolute Gasteiger partial charge is 0.0397 e. The van der Waals surface area contributed by atoms with Crippen LogP contribution in [0.1, 0.15) is 65.2 Å². The Morgan fingerprint density at radius 2 is 1.78 bits per heavy atom. The fourth-order valence-corrected chi connectivity index (χ4v) is 4.08. The van der Waals surface area contributed by atoms with Crippen molar-refractivity contribution < 1.29 is 0 Å². The maximum atomic E-state index is 5.93. The van der Waals surface area contributed by atoms with Crippen molar-refractivity contribution >= 4 is 0 Å². The average molecular weight is 253 g/mol. The molecule has 3 nitrogen and oxygen atoms in total. The van der Waals surface area contributed by atoms with E-state index in [4.69, 9.17) is 5.84 Å². The summed E-state index contributed by atoms with van der Waals surface area (Å²) in [7, 11) is 0. The van der Waals surface area contributed by atoms with Crippen LogP contribution in [0, 0.1) is 5.92 Å². The Balaban J connectivity index is 2.08. The summed E-state index contributed by atoms with van der Waals surface area (Å²) in [5.74, 6) is 6.85. The summed E-state index contributed by atoms with van der Waals surface area (Å²) in [5.41, 5.74) is 3.47. The number of hydrogen-bond acceptors (Lipinski definition) is 3. The largest absolute Gasteiger partial charge is 0.296 e. The molecule has 18 heavy (non-hydrogen) atoms. The van der Waals surface area contributed by atoms with Gasteiger partial charge in [0.2, 0.25) is 0 Å². The van der Waals surface area contributed by atoms with E-state index in [1.165, 1.54) is 64.5 Å². The second-order valence-corrected chi connectivity index (χ2v) is 6.26. The van der Waals surface area contributed by atoms with Gasteiger partial charge in [-0.05, 0) is 51.1 Å². The molecule has 1 aliphatic heterocycles. The van der Waals surface area contributed by atoms with Crippen LogP contribution in [0.25, 0.3) is 0 Å². The van der Waals surface area contributed by atoms with E-state index in [0.717, 1.165) is 5.92 Å². The van der Waals surface area contributed by atoms with Crippen LogP contribution in [0.2, 0.25) is 0 Å². The van der Waals surface area contributed by atoms with Crippen molar-refractivity contribution in [2.45, 2.75) is 76.8 Å². The quantitative estimate of drug-likeness (QED) is 0.541. The molecule has 106 valence electrons. The lowest BCUT2D eigenvalue weighted by Gasteiger charge is -2.48. The number of likely N-dealkylation sites (tertiary alicyclic amines) is 1. The monoisotopic (exact) mass is 253 g/mol. The van der Waals surface area contributed by atoms with Crippen molar-refractivity contribution in [1.29, 1.82) is 0 Å². The van der Waals surface area contributed by atoms with E-state index in [2.05, 4.69) is 24.2 Å². The Labute approximate surface area is 112 Å². The van der Waals surface area contributed by atoms with Crippen LogP contribution in [0.5, 0.6) is 0 Å². The van der Waals surface area contributed by atoms with Gasteiger partial charge in [-0.25, -0.2) is 0 Å². The molecular formula is C15H31N3. The lowest BCUT2D eigenvalue weighted by atomic mass is 9.73. The van der Waals surface area contributed by atoms with Gasteiger partial charge in [-0.15, -0.1) is 0 Å². The Morgan fingerprint density at radius 1 is 1.17 bits per heavy atom. The van der Waals surface area contributed by atoms with Gasteiger partial charge in [0.25, 0.3) is 0 Å². The maximum Gasteiger partial charge on any atom is 0.0397 e.